The number of anilines is 1. The summed E-state index contributed by atoms with van der Waals surface area (Å²) in [5.74, 6) is -0.0106. The van der Waals surface area contributed by atoms with Crippen molar-refractivity contribution >= 4 is 22.6 Å². The summed E-state index contributed by atoms with van der Waals surface area (Å²) in [6.45, 7) is 3.45. The van der Waals surface area contributed by atoms with E-state index in [1.807, 2.05) is 0 Å². The smallest absolute Gasteiger partial charge is 0.387 e. The second-order valence-corrected chi connectivity index (χ2v) is 6.50. The predicted octanol–water partition coefficient (Wildman–Crippen LogP) is 3.79. The van der Waals surface area contributed by atoms with Gasteiger partial charge in [0.15, 0.2) is 5.75 Å². The molecule has 146 valence electrons. The average Bonchev–Trinajstić information content (AvgIpc) is 2.89. The highest BCUT2D eigenvalue weighted by molar-refractivity contribution is 6.02. The van der Waals surface area contributed by atoms with Crippen LogP contribution in [0.1, 0.15) is 19.8 Å². The van der Waals surface area contributed by atoms with Gasteiger partial charge in [0.05, 0.1) is 5.69 Å². The van der Waals surface area contributed by atoms with Gasteiger partial charge >= 0.3 is 12.6 Å². The Hall–Kier alpha value is -2.48. The summed E-state index contributed by atoms with van der Waals surface area (Å²) in [7, 11) is 0. The molecular formula is C19H24F2N4O2. The van der Waals surface area contributed by atoms with Gasteiger partial charge in [-0.05, 0) is 50.2 Å². The van der Waals surface area contributed by atoms with Crippen LogP contribution in [0.4, 0.5) is 19.3 Å². The summed E-state index contributed by atoms with van der Waals surface area (Å²) in [4.78, 5) is 21.0. The highest BCUT2D eigenvalue weighted by atomic mass is 19.3. The lowest BCUT2D eigenvalue weighted by molar-refractivity contribution is -0.0489. The Balaban J connectivity index is 1.75. The second-order valence-electron chi connectivity index (χ2n) is 6.50. The fourth-order valence-electron chi connectivity index (χ4n) is 3.35. The maximum atomic E-state index is 12.7. The molecule has 1 N–H and O–H groups in total. The number of hydrogen-bond donors (Lipinski definition) is 1. The third kappa shape index (κ3) is 4.82. The van der Waals surface area contributed by atoms with Gasteiger partial charge in [-0.3, -0.25) is 4.98 Å². The Morgan fingerprint density at radius 2 is 2.11 bits per heavy atom. The number of urea groups is 1. The van der Waals surface area contributed by atoms with Gasteiger partial charge in [0.2, 0.25) is 0 Å². The molecule has 0 bridgehead atoms. The number of carbonyl (C=O) groups is 1. The molecule has 6 nitrogen and oxygen atoms in total. The van der Waals surface area contributed by atoms with Gasteiger partial charge in [0.1, 0.15) is 5.52 Å². The maximum absolute atomic E-state index is 12.7. The van der Waals surface area contributed by atoms with Crippen LogP contribution in [-0.4, -0.2) is 60.2 Å². The van der Waals surface area contributed by atoms with Gasteiger partial charge in [-0.2, -0.15) is 8.78 Å². The number of nitrogens with zero attached hydrogens (tertiary/aromatic N) is 3. The SMILES string of the molecule is CCCN1CCCN(C(=O)Nc2ccc(OC(F)F)c3ncccc23)CC1. The molecule has 2 heterocycles. The number of nitrogens with one attached hydrogen (secondary N) is 1. The van der Waals surface area contributed by atoms with Crippen molar-refractivity contribution in [3.05, 3.63) is 30.5 Å². The van der Waals surface area contributed by atoms with Crippen LogP contribution in [0.15, 0.2) is 30.5 Å². The molecule has 8 heteroatoms. The van der Waals surface area contributed by atoms with Gasteiger partial charge in [0.25, 0.3) is 0 Å². The molecule has 2 amide bonds. The highest BCUT2D eigenvalue weighted by Crippen LogP contribution is 2.31. The van der Waals surface area contributed by atoms with Gasteiger partial charge in [-0.1, -0.05) is 6.92 Å². The number of amides is 2. The number of pyridine rings is 1. The number of ether oxygens (including phenoxy) is 1. The molecule has 3 rings (SSSR count). The van der Waals surface area contributed by atoms with Crippen molar-refractivity contribution < 1.29 is 18.3 Å². The summed E-state index contributed by atoms with van der Waals surface area (Å²) in [6.07, 6.45) is 3.53. The number of rotatable bonds is 5. The second kappa shape index (κ2) is 8.94. The van der Waals surface area contributed by atoms with Crippen LogP contribution in [-0.2, 0) is 0 Å². The first-order valence-electron chi connectivity index (χ1n) is 9.19. The average molecular weight is 378 g/mol. The van der Waals surface area contributed by atoms with Crippen molar-refractivity contribution in [2.45, 2.75) is 26.4 Å². The Bertz CT molecular complexity index is 787. The molecule has 1 aromatic carbocycles. The van der Waals surface area contributed by atoms with Crippen molar-refractivity contribution in [2.75, 3.05) is 38.0 Å². The van der Waals surface area contributed by atoms with Crippen LogP contribution in [0.3, 0.4) is 0 Å². The number of hydrogen-bond acceptors (Lipinski definition) is 4. The topological polar surface area (TPSA) is 57.7 Å². The van der Waals surface area contributed by atoms with Crippen LogP contribution in [0.2, 0.25) is 0 Å². The summed E-state index contributed by atoms with van der Waals surface area (Å²) in [5, 5.41) is 3.46. The molecule has 0 radical (unpaired) electrons. The van der Waals surface area contributed by atoms with E-state index in [1.54, 1.807) is 23.1 Å². The zero-order valence-corrected chi connectivity index (χ0v) is 15.3. The zero-order chi connectivity index (χ0) is 19.2. The summed E-state index contributed by atoms with van der Waals surface area (Å²) < 4.78 is 29.7. The monoisotopic (exact) mass is 378 g/mol. The molecular weight excluding hydrogens is 354 g/mol. The fourth-order valence-corrected chi connectivity index (χ4v) is 3.35. The number of fused-ring (bicyclic) bond motifs is 1. The Morgan fingerprint density at radius 3 is 2.89 bits per heavy atom. The molecule has 1 aromatic heterocycles. The standard InChI is InChI=1S/C19H24F2N4O2/c1-2-9-24-10-4-11-25(13-12-24)19(26)23-15-6-7-16(27-18(20)21)17-14(15)5-3-8-22-17/h3,5-8,18H,2,4,9-13H2,1H3,(H,23,26). The van der Waals surface area contributed by atoms with Crippen LogP contribution >= 0.6 is 0 Å². The molecule has 2 aromatic rings. The molecule has 0 atom stereocenters. The quantitative estimate of drug-likeness (QED) is 0.860. The third-order valence-corrected chi connectivity index (χ3v) is 4.61. The van der Waals surface area contributed by atoms with E-state index in [4.69, 9.17) is 0 Å². The molecule has 1 saturated heterocycles. The van der Waals surface area contributed by atoms with Crippen LogP contribution in [0.25, 0.3) is 10.9 Å². The third-order valence-electron chi connectivity index (χ3n) is 4.61. The van der Waals surface area contributed by atoms with E-state index < -0.39 is 6.61 Å². The lowest BCUT2D eigenvalue weighted by Crippen LogP contribution is -2.38. The van der Waals surface area contributed by atoms with Crippen molar-refractivity contribution in [1.29, 1.82) is 0 Å². The lowest BCUT2D eigenvalue weighted by atomic mass is 10.1. The Morgan fingerprint density at radius 1 is 1.26 bits per heavy atom. The normalized spacial score (nSPS) is 15.8. The van der Waals surface area contributed by atoms with E-state index in [0.717, 1.165) is 32.5 Å². The number of benzene rings is 1. The van der Waals surface area contributed by atoms with Crippen molar-refractivity contribution in [2.24, 2.45) is 0 Å². The molecule has 27 heavy (non-hydrogen) atoms. The molecule has 1 aliphatic rings. The number of alkyl halides is 2. The first-order chi connectivity index (χ1) is 13.1. The summed E-state index contributed by atoms with van der Waals surface area (Å²) in [5.41, 5.74) is 0.819. The van der Waals surface area contributed by atoms with Crippen LogP contribution in [0.5, 0.6) is 5.75 Å². The molecule has 0 spiro atoms. The first-order valence-corrected chi connectivity index (χ1v) is 9.19. The molecule has 1 fully saturated rings. The van der Waals surface area contributed by atoms with Gasteiger partial charge in [-0.15, -0.1) is 0 Å². The van der Waals surface area contributed by atoms with E-state index >= 15 is 0 Å². The van der Waals surface area contributed by atoms with Crippen molar-refractivity contribution in [3.8, 4) is 5.75 Å². The minimum Gasteiger partial charge on any atom is -0.432 e. The van der Waals surface area contributed by atoms with E-state index in [0.29, 0.717) is 29.7 Å². The largest absolute Gasteiger partial charge is 0.432 e. The number of aromatic nitrogens is 1. The summed E-state index contributed by atoms with van der Waals surface area (Å²) >= 11 is 0. The van der Waals surface area contributed by atoms with Gasteiger partial charge < -0.3 is 19.9 Å². The maximum Gasteiger partial charge on any atom is 0.387 e. The van der Waals surface area contributed by atoms with Crippen LogP contribution in [0, 0.1) is 0 Å². The molecule has 0 aliphatic carbocycles. The highest BCUT2D eigenvalue weighted by Gasteiger charge is 2.20. The van der Waals surface area contributed by atoms with E-state index in [9.17, 15) is 13.6 Å². The molecule has 0 saturated carbocycles. The van der Waals surface area contributed by atoms with Gasteiger partial charge in [0, 0.05) is 31.2 Å². The Kier molecular flexibility index (Phi) is 6.39. The van der Waals surface area contributed by atoms with E-state index in [1.165, 1.54) is 12.3 Å². The fraction of sp³-hybridized carbons (Fsp3) is 0.474. The van der Waals surface area contributed by atoms with Crippen molar-refractivity contribution in [3.63, 3.8) is 0 Å². The minimum atomic E-state index is -2.93. The Labute approximate surface area is 157 Å². The van der Waals surface area contributed by atoms with E-state index in [-0.39, 0.29) is 11.8 Å². The van der Waals surface area contributed by atoms with Crippen LogP contribution < -0.4 is 10.1 Å². The van der Waals surface area contributed by atoms with Gasteiger partial charge in [-0.25, -0.2) is 4.79 Å². The minimum absolute atomic E-state index is 0.0106. The number of halogens is 2. The first kappa shape index (κ1) is 19.3. The molecule has 1 aliphatic heterocycles. The van der Waals surface area contributed by atoms with Crippen molar-refractivity contribution in [1.82, 2.24) is 14.8 Å². The predicted molar refractivity (Wildman–Crippen MR) is 100 cm³/mol. The lowest BCUT2D eigenvalue weighted by Gasteiger charge is -2.22. The molecule has 0 unspecified atom stereocenters. The van der Waals surface area contributed by atoms with E-state index in [2.05, 4.69) is 26.9 Å². The zero-order valence-electron chi connectivity index (χ0n) is 15.3. The summed E-state index contributed by atoms with van der Waals surface area (Å²) in [6, 6.07) is 6.20. The number of carbonyl (C=O) groups excluding carboxylic acids is 1.